The van der Waals surface area contributed by atoms with Crippen LogP contribution in [-0.2, 0) is 4.79 Å². The van der Waals surface area contributed by atoms with E-state index in [1.807, 2.05) is 19.9 Å². The van der Waals surface area contributed by atoms with Crippen molar-refractivity contribution in [2.24, 2.45) is 0 Å². The number of nitrogens with one attached hydrogen (secondary N) is 1. The van der Waals surface area contributed by atoms with Crippen molar-refractivity contribution in [1.82, 2.24) is 14.8 Å². The standard InChI is InChI=1S/C21H23N3O2/c1-6-9-23-20(25)19(22-21(23)26)12-17-11-15(4)24(16(17)5)18-8-7-13(2)14(3)10-18/h6-8,10-12H,1,9H2,2-5H3,(H,22,26)/b19-12+. The summed E-state index contributed by atoms with van der Waals surface area (Å²) in [5, 5.41) is 2.64. The molecule has 5 nitrogen and oxygen atoms in total. The summed E-state index contributed by atoms with van der Waals surface area (Å²) >= 11 is 0. The van der Waals surface area contributed by atoms with Crippen LogP contribution in [0, 0.1) is 27.7 Å². The normalized spacial score (nSPS) is 15.7. The summed E-state index contributed by atoms with van der Waals surface area (Å²) < 4.78 is 2.15. The van der Waals surface area contributed by atoms with Crippen LogP contribution < -0.4 is 5.32 Å². The van der Waals surface area contributed by atoms with E-state index in [1.165, 1.54) is 17.2 Å². The maximum Gasteiger partial charge on any atom is 0.329 e. The molecule has 26 heavy (non-hydrogen) atoms. The number of hydrogen-bond acceptors (Lipinski definition) is 2. The fourth-order valence-electron chi connectivity index (χ4n) is 3.22. The number of urea groups is 1. The fraction of sp³-hybridized carbons (Fsp3) is 0.238. The molecule has 3 amide bonds. The monoisotopic (exact) mass is 349 g/mol. The van der Waals surface area contributed by atoms with Gasteiger partial charge in [0, 0.05) is 23.6 Å². The molecule has 0 spiro atoms. The molecule has 2 aromatic rings. The Morgan fingerprint density at radius 1 is 1.08 bits per heavy atom. The van der Waals surface area contributed by atoms with E-state index in [0.717, 1.165) is 27.5 Å². The predicted octanol–water partition coefficient (Wildman–Crippen LogP) is 3.79. The van der Waals surface area contributed by atoms with Gasteiger partial charge in [0.15, 0.2) is 0 Å². The van der Waals surface area contributed by atoms with E-state index < -0.39 is 6.03 Å². The Kier molecular flexibility index (Phi) is 4.55. The molecule has 1 saturated heterocycles. The Bertz CT molecular complexity index is 950. The number of imide groups is 1. The van der Waals surface area contributed by atoms with E-state index in [2.05, 4.69) is 48.5 Å². The molecule has 0 radical (unpaired) electrons. The van der Waals surface area contributed by atoms with Gasteiger partial charge in [-0.1, -0.05) is 12.1 Å². The van der Waals surface area contributed by atoms with E-state index in [-0.39, 0.29) is 18.1 Å². The van der Waals surface area contributed by atoms with E-state index in [1.54, 1.807) is 6.08 Å². The Morgan fingerprint density at radius 3 is 2.46 bits per heavy atom. The van der Waals surface area contributed by atoms with Gasteiger partial charge in [-0.05, 0) is 68.7 Å². The minimum Gasteiger partial charge on any atom is -0.318 e. The van der Waals surface area contributed by atoms with Gasteiger partial charge in [-0.15, -0.1) is 6.58 Å². The molecule has 2 heterocycles. The number of amides is 3. The number of carbonyl (C=O) groups excluding carboxylic acids is 2. The third-order valence-electron chi connectivity index (χ3n) is 4.79. The highest BCUT2D eigenvalue weighted by molar-refractivity contribution is 6.14. The maximum absolute atomic E-state index is 12.4. The maximum atomic E-state index is 12.4. The van der Waals surface area contributed by atoms with Crippen LogP contribution in [0.25, 0.3) is 11.8 Å². The Hall–Kier alpha value is -3.08. The topological polar surface area (TPSA) is 54.3 Å². The molecule has 1 aliphatic heterocycles. The van der Waals surface area contributed by atoms with Crippen molar-refractivity contribution in [2.45, 2.75) is 27.7 Å². The number of aryl methyl sites for hydroxylation is 3. The van der Waals surface area contributed by atoms with Crippen LogP contribution in [-0.4, -0.2) is 28.0 Å². The molecule has 134 valence electrons. The molecule has 1 aliphatic rings. The van der Waals surface area contributed by atoms with Crippen LogP contribution in [0.15, 0.2) is 42.6 Å². The molecule has 0 unspecified atom stereocenters. The molecule has 0 bridgehead atoms. The van der Waals surface area contributed by atoms with Gasteiger partial charge in [0.1, 0.15) is 5.70 Å². The quantitative estimate of drug-likeness (QED) is 0.519. The number of rotatable bonds is 4. The minimum atomic E-state index is -0.413. The van der Waals surface area contributed by atoms with E-state index in [4.69, 9.17) is 0 Å². The second-order valence-electron chi connectivity index (χ2n) is 6.62. The van der Waals surface area contributed by atoms with Gasteiger partial charge in [-0.3, -0.25) is 9.69 Å². The number of carbonyl (C=O) groups is 2. The molecule has 0 aliphatic carbocycles. The molecule has 3 rings (SSSR count). The summed E-state index contributed by atoms with van der Waals surface area (Å²) in [6.45, 7) is 12.0. The van der Waals surface area contributed by atoms with Gasteiger partial charge in [-0.2, -0.15) is 0 Å². The zero-order valence-electron chi connectivity index (χ0n) is 15.6. The Labute approximate surface area is 153 Å². The first-order valence-electron chi connectivity index (χ1n) is 8.55. The largest absolute Gasteiger partial charge is 0.329 e. The predicted molar refractivity (Wildman–Crippen MR) is 103 cm³/mol. The lowest BCUT2D eigenvalue weighted by molar-refractivity contribution is -0.122. The second kappa shape index (κ2) is 6.67. The van der Waals surface area contributed by atoms with Crippen LogP contribution in [0.5, 0.6) is 0 Å². The van der Waals surface area contributed by atoms with Crippen molar-refractivity contribution in [2.75, 3.05) is 6.54 Å². The Morgan fingerprint density at radius 2 is 1.81 bits per heavy atom. The SMILES string of the molecule is C=CCN1C(=O)N/C(=C/c2cc(C)n(-c3ccc(C)c(C)c3)c2C)C1=O. The molecule has 0 atom stereocenters. The van der Waals surface area contributed by atoms with Crippen LogP contribution in [0.4, 0.5) is 4.79 Å². The summed E-state index contributed by atoms with van der Waals surface area (Å²) in [6.07, 6.45) is 3.27. The van der Waals surface area contributed by atoms with Gasteiger partial charge in [0.2, 0.25) is 0 Å². The summed E-state index contributed by atoms with van der Waals surface area (Å²) in [4.78, 5) is 25.4. The minimum absolute atomic E-state index is 0.198. The smallest absolute Gasteiger partial charge is 0.318 e. The Balaban J connectivity index is 2.01. The van der Waals surface area contributed by atoms with E-state index >= 15 is 0 Å². The van der Waals surface area contributed by atoms with Gasteiger partial charge in [0.25, 0.3) is 5.91 Å². The van der Waals surface area contributed by atoms with Crippen LogP contribution in [0.3, 0.4) is 0 Å². The van der Waals surface area contributed by atoms with Crippen LogP contribution in [0.1, 0.15) is 28.1 Å². The van der Waals surface area contributed by atoms with Crippen molar-refractivity contribution in [1.29, 1.82) is 0 Å². The first-order chi connectivity index (χ1) is 12.3. The lowest BCUT2D eigenvalue weighted by atomic mass is 10.1. The molecule has 1 N–H and O–H groups in total. The van der Waals surface area contributed by atoms with Crippen molar-refractivity contribution >= 4 is 18.0 Å². The third kappa shape index (κ3) is 2.96. The first-order valence-corrected chi connectivity index (χ1v) is 8.55. The van der Waals surface area contributed by atoms with Crippen molar-refractivity contribution in [3.63, 3.8) is 0 Å². The average Bonchev–Trinajstić information content (AvgIpc) is 3.01. The summed E-state index contributed by atoms with van der Waals surface area (Å²) in [5.41, 5.74) is 6.85. The highest BCUT2D eigenvalue weighted by atomic mass is 16.2. The fourth-order valence-corrected chi connectivity index (χ4v) is 3.22. The second-order valence-corrected chi connectivity index (χ2v) is 6.62. The van der Waals surface area contributed by atoms with Gasteiger partial charge >= 0.3 is 6.03 Å². The summed E-state index contributed by atoms with van der Waals surface area (Å²) in [7, 11) is 0. The third-order valence-corrected chi connectivity index (χ3v) is 4.79. The van der Waals surface area contributed by atoms with Crippen LogP contribution in [0.2, 0.25) is 0 Å². The lowest BCUT2D eigenvalue weighted by Gasteiger charge is -2.12. The van der Waals surface area contributed by atoms with Crippen molar-refractivity contribution in [3.8, 4) is 5.69 Å². The van der Waals surface area contributed by atoms with Gasteiger partial charge < -0.3 is 9.88 Å². The first kappa shape index (κ1) is 17.7. The van der Waals surface area contributed by atoms with Crippen molar-refractivity contribution in [3.05, 3.63) is 70.7 Å². The highest BCUT2D eigenvalue weighted by Gasteiger charge is 2.32. The summed E-state index contributed by atoms with van der Waals surface area (Å²) in [5.74, 6) is -0.328. The number of benzene rings is 1. The molecular formula is C21H23N3O2. The zero-order chi connectivity index (χ0) is 19.0. The number of nitrogens with zero attached hydrogens (tertiary/aromatic N) is 2. The van der Waals surface area contributed by atoms with Gasteiger partial charge in [0.05, 0.1) is 0 Å². The number of aromatic nitrogens is 1. The molecule has 1 aromatic heterocycles. The van der Waals surface area contributed by atoms with Crippen LogP contribution >= 0.6 is 0 Å². The van der Waals surface area contributed by atoms with E-state index in [0.29, 0.717) is 0 Å². The van der Waals surface area contributed by atoms with Crippen molar-refractivity contribution < 1.29 is 9.59 Å². The molecular weight excluding hydrogens is 326 g/mol. The average molecular weight is 349 g/mol. The number of hydrogen-bond donors (Lipinski definition) is 1. The summed E-state index contributed by atoms with van der Waals surface area (Å²) in [6, 6.07) is 7.96. The van der Waals surface area contributed by atoms with Gasteiger partial charge in [-0.25, -0.2) is 4.79 Å². The molecule has 5 heteroatoms. The zero-order valence-corrected chi connectivity index (χ0v) is 15.6. The molecule has 1 aromatic carbocycles. The molecule has 1 fully saturated rings. The highest BCUT2D eigenvalue weighted by Crippen LogP contribution is 2.25. The lowest BCUT2D eigenvalue weighted by Crippen LogP contribution is -2.30. The molecule has 0 saturated carbocycles. The van der Waals surface area contributed by atoms with E-state index in [9.17, 15) is 9.59 Å².